The van der Waals surface area contributed by atoms with Crippen molar-refractivity contribution in [2.24, 2.45) is 0 Å². The van der Waals surface area contributed by atoms with E-state index in [1.807, 2.05) is 13.8 Å². The van der Waals surface area contributed by atoms with Gasteiger partial charge in [-0.05, 0) is 37.0 Å². The second-order valence-electron chi connectivity index (χ2n) is 4.25. The van der Waals surface area contributed by atoms with Gasteiger partial charge in [-0.3, -0.25) is 0 Å². The minimum absolute atomic E-state index is 0.261. The number of hydrogen-bond acceptors (Lipinski definition) is 4. The third kappa shape index (κ3) is 4.01. The van der Waals surface area contributed by atoms with E-state index in [-0.39, 0.29) is 18.7 Å². The number of hydrogen-bond donors (Lipinski definition) is 0. The summed E-state index contributed by atoms with van der Waals surface area (Å²) in [6.07, 6.45) is -0.327. The Bertz CT molecular complexity index is 410. The Morgan fingerprint density at radius 2 is 2.05 bits per heavy atom. The molecule has 1 atom stereocenters. The molecule has 19 heavy (non-hydrogen) atoms. The number of halogens is 1. The van der Waals surface area contributed by atoms with Crippen molar-refractivity contribution in [3.8, 4) is 0 Å². The first kappa shape index (κ1) is 14.5. The summed E-state index contributed by atoms with van der Waals surface area (Å²) in [5.74, 6) is -0.301. The van der Waals surface area contributed by atoms with E-state index in [4.69, 9.17) is 18.8 Å². The maximum atomic E-state index is 13.3. The number of ether oxygens (including phenoxy) is 2. The Morgan fingerprint density at radius 1 is 1.32 bits per heavy atom. The van der Waals surface area contributed by atoms with Gasteiger partial charge in [0.25, 0.3) is 0 Å². The third-order valence-electron chi connectivity index (χ3n) is 2.86. The fourth-order valence-corrected chi connectivity index (χ4v) is 1.96. The van der Waals surface area contributed by atoms with Crippen molar-refractivity contribution in [2.75, 3.05) is 19.8 Å². The molecule has 1 aliphatic rings. The van der Waals surface area contributed by atoms with E-state index in [2.05, 4.69) is 0 Å². The van der Waals surface area contributed by atoms with Gasteiger partial charge < -0.3 is 18.8 Å². The molecule has 1 saturated heterocycles. The molecular weight excluding hydrogens is 250 g/mol. The Morgan fingerprint density at radius 3 is 2.74 bits per heavy atom. The van der Waals surface area contributed by atoms with Crippen LogP contribution in [0.4, 0.5) is 4.39 Å². The molecule has 1 aromatic carbocycles. The molecule has 0 aromatic heterocycles. The van der Waals surface area contributed by atoms with Crippen molar-refractivity contribution < 1.29 is 23.2 Å². The maximum absolute atomic E-state index is 13.3. The highest BCUT2D eigenvalue weighted by Gasteiger charge is 2.28. The van der Waals surface area contributed by atoms with Crippen LogP contribution in [0.3, 0.4) is 0 Å². The molecule has 0 spiro atoms. The first-order chi connectivity index (χ1) is 9.20. The van der Waals surface area contributed by atoms with Crippen molar-refractivity contribution in [2.45, 2.75) is 26.7 Å². The lowest BCUT2D eigenvalue weighted by Gasteiger charge is -2.16. The topological polar surface area (TPSA) is 36.9 Å². The van der Waals surface area contributed by atoms with Crippen molar-refractivity contribution in [3.63, 3.8) is 0 Å². The highest BCUT2D eigenvalue weighted by Crippen LogP contribution is 2.10. The Balaban J connectivity index is 2.06. The molecule has 1 unspecified atom stereocenters. The van der Waals surface area contributed by atoms with Crippen LogP contribution in [-0.4, -0.2) is 33.2 Å². The second kappa shape index (κ2) is 7.00. The lowest BCUT2D eigenvalue weighted by Crippen LogP contribution is -2.35. The zero-order valence-electron chi connectivity index (χ0n) is 11.2. The quantitative estimate of drug-likeness (QED) is 0.578. The predicted molar refractivity (Wildman–Crippen MR) is 69.6 cm³/mol. The van der Waals surface area contributed by atoms with Gasteiger partial charge in [0.2, 0.25) is 0 Å². The zero-order valence-corrected chi connectivity index (χ0v) is 11.2. The fraction of sp³-hybridized carbons (Fsp3) is 0.538. The van der Waals surface area contributed by atoms with Crippen LogP contribution in [-0.2, 0) is 25.4 Å². The Hall–Kier alpha value is -0.945. The Kier molecular flexibility index (Phi) is 5.33. The van der Waals surface area contributed by atoms with Crippen LogP contribution >= 0.6 is 0 Å². The van der Waals surface area contributed by atoms with E-state index < -0.39 is 7.12 Å². The lowest BCUT2D eigenvalue weighted by atomic mass is 9.76. The van der Waals surface area contributed by atoms with E-state index in [0.717, 1.165) is 11.0 Å². The van der Waals surface area contributed by atoms with Crippen LogP contribution in [0, 0.1) is 5.82 Å². The largest absolute Gasteiger partial charge is 0.494 e. The molecule has 1 heterocycles. The zero-order chi connectivity index (χ0) is 13.7. The van der Waals surface area contributed by atoms with Gasteiger partial charge in [-0.25, -0.2) is 4.39 Å². The molecule has 4 nitrogen and oxygen atoms in total. The molecule has 0 amide bonds. The number of rotatable bonds is 6. The van der Waals surface area contributed by atoms with E-state index in [0.29, 0.717) is 19.8 Å². The number of benzene rings is 1. The SMILES string of the molecule is CCOC(C)OCc1cc(F)ccc1B1OCCO1. The average Bonchev–Trinajstić information content (AvgIpc) is 2.90. The predicted octanol–water partition coefficient (Wildman–Crippen LogP) is 1.47. The van der Waals surface area contributed by atoms with Crippen LogP contribution < -0.4 is 5.46 Å². The molecule has 0 bridgehead atoms. The van der Waals surface area contributed by atoms with Gasteiger partial charge >= 0.3 is 7.12 Å². The van der Waals surface area contributed by atoms with Gasteiger partial charge in [-0.2, -0.15) is 0 Å². The molecule has 6 heteroatoms. The molecule has 2 rings (SSSR count). The summed E-state index contributed by atoms with van der Waals surface area (Å²) in [4.78, 5) is 0. The van der Waals surface area contributed by atoms with E-state index in [1.165, 1.54) is 12.1 Å². The van der Waals surface area contributed by atoms with Crippen LogP contribution in [0.5, 0.6) is 0 Å². The van der Waals surface area contributed by atoms with Gasteiger partial charge in [0.15, 0.2) is 6.29 Å². The summed E-state index contributed by atoms with van der Waals surface area (Å²) in [6, 6.07) is 4.52. The van der Waals surface area contributed by atoms with Gasteiger partial charge in [0, 0.05) is 6.61 Å². The molecule has 0 radical (unpaired) electrons. The molecule has 0 N–H and O–H groups in total. The fourth-order valence-electron chi connectivity index (χ4n) is 1.96. The highest BCUT2D eigenvalue weighted by molar-refractivity contribution is 6.62. The summed E-state index contributed by atoms with van der Waals surface area (Å²) in [5, 5.41) is 0. The van der Waals surface area contributed by atoms with E-state index in [1.54, 1.807) is 6.07 Å². The van der Waals surface area contributed by atoms with Crippen LogP contribution in [0.25, 0.3) is 0 Å². The standard InChI is InChI=1S/C13H18BFO4/c1-3-16-10(2)17-9-11-8-12(15)4-5-13(11)14-18-6-7-19-14/h4-5,8,10H,3,6-7,9H2,1-2H3. The molecule has 104 valence electrons. The van der Waals surface area contributed by atoms with E-state index >= 15 is 0 Å². The van der Waals surface area contributed by atoms with Crippen LogP contribution in [0.2, 0.25) is 0 Å². The summed E-state index contributed by atoms with van der Waals surface area (Å²) in [7, 11) is -0.429. The van der Waals surface area contributed by atoms with Crippen molar-refractivity contribution >= 4 is 12.6 Å². The van der Waals surface area contributed by atoms with Crippen LogP contribution in [0.1, 0.15) is 19.4 Å². The molecule has 0 saturated carbocycles. The monoisotopic (exact) mass is 268 g/mol. The highest BCUT2D eigenvalue weighted by atomic mass is 19.1. The Labute approximate surface area is 112 Å². The molecule has 1 aliphatic heterocycles. The van der Waals surface area contributed by atoms with Crippen molar-refractivity contribution in [1.82, 2.24) is 0 Å². The van der Waals surface area contributed by atoms with Crippen LogP contribution in [0.15, 0.2) is 18.2 Å². The van der Waals surface area contributed by atoms with Crippen molar-refractivity contribution in [1.29, 1.82) is 0 Å². The van der Waals surface area contributed by atoms with E-state index in [9.17, 15) is 4.39 Å². The van der Waals surface area contributed by atoms with Gasteiger partial charge in [-0.15, -0.1) is 0 Å². The summed E-state index contributed by atoms with van der Waals surface area (Å²) in [5.41, 5.74) is 1.53. The summed E-state index contributed by atoms with van der Waals surface area (Å²) in [6.45, 7) is 5.65. The minimum atomic E-state index is -0.429. The first-order valence-corrected chi connectivity index (χ1v) is 6.45. The van der Waals surface area contributed by atoms with Gasteiger partial charge in [0.1, 0.15) is 5.82 Å². The molecule has 1 fully saturated rings. The smallest absolute Gasteiger partial charge is 0.405 e. The van der Waals surface area contributed by atoms with Crippen molar-refractivity contribution in [3.05, 3.63) is 29.6 Å². The van der Waals surface area contributed by atoms with Gasteiger partial charge in [0.05, 0.1) is 19.8 Å². The summed E-state index contributed by atoms with van der Waals surface area (Å²) >= 11 is 0. The second-order valence-corrected chi connectivity index (χ2v) is 4.25. The third-order valence-corrected chi connectivity index (χ3v) is 2.86. The average molecular weight is 268 g/mol. The first-order valence-electron chi connectivity index (χ1n) is 6.45. The minimum Gasteiger partial charge on any atom is -0.405 e. The molecular formula is C13H18BFO4. The normalized spacial score (nSPS) is 16.9. The summed E-state index contributed by atoms with van der Waals surface area (Å²) < 4.78 is 35.0. The molecule has 1 aromatic rings. The lowest BCUT2D eigenvalue weighted by molar-refractivity contribution is -0.134. The van der Waals surface area contributed by atoms with Gasteiger partial charge in [-0.1, -0.05) is 6.07 Å². The maximum Gasteiger partial charge on any atom is 0.494 e. The molecule has 0 aliphatic carbocycles.